The molecule has 1 aliphatic rings. The first-order chi connectivity index (χ1) is 12.5. The summed E-state index contributed by atoms with van der Waals surface area (Å²) < 4.78 is 26.6. The molecule has 2 aromatic rings. The summed E-state index contributed by atoms with van der Waals surface area (Å²) in [6.07, 6.45) is 5.06. The molecule has 1 aliphatic carbocycles. The minimum atomic E-state index is -1.58. The molecule has 0 spiro atoms. The Morgan fingerprint density at radius 2 is 1.92 bits per heavy atom. The van der Waals surface area contributed by atoms with Crippen molar-refractivity contribution < 1.29 is 18.4 Å². The molecule has 1 atom stereocenters. The van der Waals surface area contributed by atoms with Gasteiger partial charge in [0, 0.05) is 10.9 Å². The van der Waals surface area contributed by atoms with E-state index >= 15 is 0 Å². The molecule has 1 amide bonds. The summed E-state index contributed by atoms with van der Waals surface area (Å²) in [5.74, 6) is -4.85. The van der Waals surface area contributed by atoms with E-state index in [9.17, 15) is 23.6 Å². The van der Waals surface area contributed by atoms with Gasteiger partial charge in [-0.1, -0.05) is 6.42 Å². The van der Waals surface area contributed by atoms with Crippen molar-refractivity contribution in [1.82, 2.24) is 0 Å². The van der Waals surface area contributed by atoms with Crippen LogP contribution in [0.5, 0.6) is 0 Å². The average Bonchev–Trinajstić information content (AvgIpc) is 2.89. The normalized spacial score (nSPS) is 14.7. The van der Waals surface area contributed by atoms with Crippen molar-refractivity contribution >= 4 is 28.7 Å². The minimum Gasteiger partial charge on any atom is -0.322 e. The molecule has 0 radical (unpaired) electrons. The second-order valence-corrected chi connectivity index (χ2v) is 7.30. The number of ketones is 1. The van der Waals surface area contributed by atoms with E-state index in [4.69, 9.17) is 0 Å². The number of carbonyl (C=O) groups is 2. The predicted molar refractivity (Wildman–Crippen MR) is 94.0 cm³/mol. The number of nitriles is 1. The number of thiophene rings is 1. The van der Waals surface area contributed by atoms with E-state index in [1.165, 1.54) is 11.3 Å². The molecule has 3 rings (SSSR count). The molecule has 1 heterocycles. The van der Waals surface area contributed by atoms with Gasteiger partial charge in [-0.3, -0.25) is 9.59 Å². The monoisotopic (exact) mass is 374 g/mol. The van der Waals surface area contributed by atoms with E-state index in [0.29, 0.717) is 10.9 Å². The summed E-state index contributed by atoms with van der Waals surface area (Å²) in [6.45, 7) is 0. The maximum absolute atomic E-state index is 13.7. The number of nitrogens with one attached hydrogen (secondary N) is 1. The molecule has 26 heavy (non-hydrogen) atoms. The summed E-state index contributed by atoms with van der Waals surface area (Å²) >= 11 is 1.32. The highest BCUT2D eigenvalue weighted by Gasteiger charge is 2.30. The second-order valence-electron chi connectivity index (χ2n) is 6.16. The van der Waals surface area contributed by atoms with E-state index in [1.54, 1.807) is 12.1 Å². The zero-order valence-corrected chi connectivity index (χ0v) is 14.7. The fourth-order valence-corrected chi connectivity index (χ4v) is 4.19. The van der Waals surface area contributed by atoms with Crippen LogP contribution in [0.15, 0.2) is 24.3 Å². The molecule has 0 fully saturated rings. The van der Waals surface area contributed by atoms with Gasteiger partial charge < -0.3 is 5.32 Å². The number of hydrogen-bond donors (Lipinski definition) is 1. The van der Waals surface area contributed by atoms with Crippen LogP contribution in [0.3, 0.4) is 0 Å². The van der Waals surface area contributed by atoms with Crippen LogP contribution in [-0.2, 0) is 17.6 Å². The number of Topliss-reactive ketones (excluding diaryl/α,β-unsaturated/α-hetero) is 1. The molecule has 1 aromatic carbocycles. The van der Waals surface area contributed by atoms with Crippen LogP contribution in [-0.4, -0.2) is 11.7 Å². The lowest BCUT2D eigenvalue weighted by Crippen LogP contribution is -2.28. The largest absolute Gasteiger partial charge is 0.322 e. The zero-order chi connectivity index (χ0) is 18.7. The van der Waals surface area contributed by atoms with Crippen molar-refractivity contribution in [3.8, 4) is 6.07 Å². The Kier molecular flexibility index (Phi) is 5.43. The number of rotatable bonds is 4. The highest BCUT2D eigenvalue weighted by molar-refractivity contribution is 7.14. The number of fused-ring (bicyclic) bond motifs is 1. The average molecular weight is 374 g/mol. The van der Waals surface area contributed by atoms with Gasteiger partial charge in [0.25, 0.3) is 0 Å². The summed E-state index contributed by atoms with van der Waals surface area (Å²) in [5.41, 5.74) is 0.837. The Bertz CT molecular complexity index is 878. The Labute approximate surface area is 153 Å². The Morgan fingerprint density at radius 3 is 2.65 bits per heavy atom. The van der Waals surface area contributed by atoms with Crippen molar-refractivity contribution in [3.63, 3.8) is 0 Å². The second kappa shape index (κ2) is 7.75. The number of nitrogens with zero attached hydrogens (tertiary/aromatic N) is 1. The summed E-state index contributed by atoms with van der Waals surface area (Å²) in [6, 6.07) is 6.11. The Hall–Kier alpha value is -2.59. The third-order valence-corrected chi connectivity index (χ3v) is 5.58. The van der Waals surface area contributed by atoms with Gasteiger partial charge in [-0.15, -0.1) is 11.3 Å². The Balaban J connectivity index is 1.78. The molecular formula is C19H16F2N2O2S. The molecule has 7 heteroatoms. The lowest BCUT2D eigenvalue weighted by Gasteiger charge is -2.09. The van der Waals surface area contributed by atoms with E-state index in [1.807, 2.05) is 0 Å². The van der Waals surface area contributed by atoms with Gasteiger partial charge in [-0.25, -0.2) is 8.78 Å². The number of anilines is 1. The molecule has 1 unspecified atom stereocenters. The SMILES string of the molecule is N#CC(C(=O)Nc1ccc(F)cc1F)C(=O)c1cc2c(s1)CCCCC2. The van der Waals surface area contributed by atoms with Crippen LogP contribution in [0, 0.1) is 28.9 Å². The lowest BCUT2D eigenvalue weighted by atomic mass is 10.0. The molecule has 0 aliphatic heterocycles. The smallest absolute Gasteiger partial charge is 0.249 e. The maximum atomic E-state index is 13.7. The van der Waals surface area contributed by atoms with Gasteiger partial charge in [0.15, 0.2) is 11.7 Å². The quantitative estimate of drug-likeness (QED) is 0.494. The first-order valence-electron chi connectivity index (χ1n) is 8.31. The number of amides is 1. The Morgan fingerprint density at radius 1 is 1.15 bits per heavy atom. The van der Waals surface area contributed by atoms with Gasteiger partial charge in [-0.2, -0.15) is 5.26 Å². The fourth-order valence-electron chi connectivity index (χ4n) is 2.96. The number of hydrogen-bond acceptors (Lipinski definition) is 4. The maximum Gasteiger partial charge on any atom is 0.249 e. The van der Waals surface area contributed by atoms with E-state index < -0.39 is 29.2 Å². The summed E-state index contributed by atoms with van der Waals surface area (Å²) in [7, 11) is 0. The molecule has 1 N–H and O–H groups in total. The lowest BCUT2D eigenvalue weighted by molar-refractivity contribution is -0.117. The number of benzene rings is 1. The van der Waals surface area contributed by atoms with Gasteiger partial charge in [0.05, 0.1) is 16.6 Å². The van der Waals surface area contributed by atoms with Crippen LogP contribution >= 0.6 is 11.3 Å². The van der Waals surface area contributed by atoms with Crippen molar-refractivity contribution in [2.45, 2.75) is 32.1 Å². The van der Waals surface area contributed by atoms with Crippen LogP contribution in [0.1, 0.15) is 39.4 Å². The minimum absolute atomic E-state index is 0.272. The van der Waals surface area contributed by atoms with E-state index in [-0.39, 0.29) is 5.69 Å². The van der Waals surface area contributed by atoms with E-state index in [0.717, 1.165) is 54.7 Å². The molecule has 0 saturated carbocycles. The van der Waals surface area contributed by atoms with Crippen LogP contribution in [0.25, 0.3) is 0 Å². The van der Waals surface area contributed by atoms with Gasteiger partial charge in [0.2, 0.25) is 5.91 Å². The summed E-state index contributed by atoms with van der Waals surface area (Å²) in [5, 5.41) is 11.5. The van der Waals surface area contributed by atoms with Gasteiger partial charge in [0.1, 0.15) is 11.6 Å². The van der Waals surface area contributed by atoms with Crippen molar-refractivity contribution in [3.05, 3.63) is 51.2 Å². The van der Waals surface area contributed by atoms with Crippen molar-refractivity contribution in [2.24, 2.45) is 5.92 Å². The molecular weight excluding hydrogens is 358 g/mol. The van der Waals surface area contributed by atoms with Gasteiger partial charge in [-0.05, 0) is 49.4 Å². The molecule has 1 aromatic heterocycles. The third-order valence-electron chi connectivity index (χ3n) is 4.33. The standard InChI is InChI=1S/C19H16F2N2O2S/c20-12-6-7-15(14(21)9-12)23-19(25)13(10-22)18(24)17-8-11-4-2-1-3-5-16(11)26-17/h6-9,13H,1-5H2,(H,23,25). The van der Waals surface area contributed by atoms with Crippen molar-refractivity contribution in [1.29, 1.82) is 5.26 Å². The number of aryl methyl sites for hydroxylation is 2. The highest BCUT2D eigenvalue weighted by Crippen LogP contribution is 2.30. The number of carbonyl (C=O) groups excluding carboxylic acids is 2. The zero-order valence-electron chi connectivity index (χ0n) is 13.9. The van der Waals surface area contributed by atoms with Crippen LogP contribution < -0.4 is 5.32 Å². The molecule has 134 valence electrons. The molecule has 0 saturated heterocycles. The first kappa shape index (κ1) is 18.2. The van der Waals surface area contributed by atoms with Crippen LogP contribution in [0.2, 0.25) is 0 Å². The third kappa shape index (κ3) is 3.81. The first-order valence-corrected chi connectivity index (χ1v) is 9.12. The van der Waals surface area contributed by atoms with E-state index in [2.05, 4.69) is 5.32 Å². The number of halogens is 2. The molecule has 4 nitrogen and oxygen atoms in total. The topological polar surface area (TPSA) is 70.0 Å². The van der Waals surface area contributed by atoms with Crippen LogP contribution in [0.4, 0.5) is 14.5 Å². The highest BCUT2D eigenvalue weighted by atomic mass is 32.1. The van der Waals surface area contributed by atoms with Crippen molar-refractivity contribution in [2.75, 3.05) is 5.32 Å². The predicted octanol–water partition coefficient (Wildman–Crippen LogP) is 4.26. The molecule has 0 bridgehead atoms. The summed E-state index contributed by atoms with van der Waals surface area (Å²) in [4.78, 5) is 26.4. The van der Waals surface area contributed by atoms with Gasteiger partial charge >= 0.3 is 0 Å². The fraction of sp³-hybridized carbons (Fsp3) is 0.316.